The van der Waals surface area contributed by atoms with Crippen LogP contribution in [-0.4, -0.2) is 39.1 Å². The first-order valence-electron chi connectivity index (χ1n) is 5.62. The van der Waals surface area contributed by atoms with Crippen LogP contribution >= 0.6 is 0 Å². The van der Waals surface area contributed by atoms with Gasteiger partial charge in [-0.05, 0) is 24.3 Å². The average molecular weight is 251 g/mol. The number of ketones is 1. The monoisotopic (exact) mass is 251 g/mol. The van der Waals surface area contributed by atoms with Gasteiger partial charge in [-0.25, -0.2) is 0 Å². The summed E-state index contributed by atoms with van der Waals surface area (Å²) in [4.78, 5) is 22.6. The van der Waals surface area contributed by atoms with Crippen LogP contribution in [0.25, 0.3) is 0 Å². The van der Waals surface area contributed by atoms with E-state index < -0.39 is 0 Å². The van der Waals surface area contributed by atoms with E-state index in [1.165, 1.54) is 7.11 Å². The van der Waals surface area contributed by atoms with Gasteiger partial charge in [0.1, 0.15) is 5.75 Å². The maximum Gasteiger partial charge on any atom is 0.319 e. The lowest BCUT2D eigenvalue weighted by molar-refractivity contribution is -0.139. The lowest BCUT2D eigenvalue weighted by atomic mass is 10.1. The molecule has 18 heavy (non-hydrogen) atoms. The third kappa shape index (κ3) is 4.55. The highest BCUT2D eigenvalue weighted by Gasteiger charge is 2.06. The van der Waals surface area contributed by atoms with Gasteiger partial charge in [0.25, 0.3) is 0 Å². The Morgan fingerprint density at radius 2 is 1.83 bits per heavy atom. The highest BCUT2D eigenvalue weighted by Crippen LogP contribution is 2.12. The van der Waals surface area contributed by atoms with Crippen LogP contribution in [0.1, 0.15) is 16.8 Å². The standard InChI is InChI=1S/C13H17NO4/c1-17-11-5-3-10(4-6-11)12(15)7-8-14-9-13(16)18-2/h3-6,14H,7-9H2,1-2H3. The number of methoxy groups -OCH3 is 2. The molecule has 98 valence electrons. The van der Waals surface area contributed by atoms with Crippen LogP contribution in [0.5, 0.6) is 5.75 Å². The van der Waals surface area contributed by atoms with Gasteiger partial charge in [-0.2, -0.15) is 0 Å². The van der Waals surface area contributed by atoms with Crippen LogP contribution in [0, 0.1) is 0 Å². The maximum absolute atomic E-state index is 11.8. The predicted octanol–water partition coefficient (Wildman–Crippen LogP) is 1.03. The second kappa shape index (κ2) is 7.45. The third-order valence-corrected chi connectivity index (χ3v) is 2.44. The molecule has 5 heteroatoms. The molecule has 0 bridgehead atoms. The van der Waals surface area contributed by atoms with Crippen molar-refractivity contribution in [3.05, 3.63) is 29.8 Å². The summed E-state index contributed by atoms with van der Waals surface area (Å²) in [6.45, 7) is 0.562. The molecule has 0 spiro atoms. The molecule has 1 N–H and O–H groups in total. The van der Waals surface area contributed by atoms with E-state index in [1.54, 1.807) is 31.4 Å². The summed E-state index contributed by atoms with van der Waals surface area (Å²) in [6.07, 6.45) is 0.337. The van der Waals surface area contributed by atoms with Crippen LogP contribution in [-0.2, 0) is 9.53 Å². The Morgan fingerprint density at radius 3 is 2.39 bits per heavy atom. The van der Waals surface area contributed by atoms with E-state index in [9.17, 15) is 9.59 Å². The fraction of sp³-hybridized carbons (Fsp3) is 0.385. The van der Waals surface area contributed by atoms with Gasteiger partial charge < -0.3 is 14.8 Å². The Labute approximate surface area is 106 Å². The summed E-state index contributed by atoms with van der Waals surface area (Å²) in [5, 5.41) is 2.84. The number of hydrogen-bond donors (Lipinski definition) is 1. The summed E-state index contributed by atoms with van der Waals surface area (Å²) in [5.41, 5.74) is 0.635. The zero-order valence-corrected chi connectivity index (χ0v) is 10.6. The van der Waals surface area contributed by atoms with Gasteiger partial charge in [-0.1, -0.05) is 0 Å². The number of Topliss-reactive ketones (excluding diaryl/α,β-unsaturated/α-hetero) is 1. The van der Waals surface area contributed by atoms with Crippen molar-refractivity contribution in [2.75, 3.05) is 27.3 Å². The van der Waals surface area contributed by atoms with E-state index >= 15 is 0 Å². The van der Waals surface area contributed by atoms with Crippen LogP contribution < -0.4 is 10.1 Å². The number of ether oxygens (including phenoxy) is 2. The molecule has 0 aromatic heterocycles. The number of rotatable bonds is 7. The summed E-state index contributed by atoms with van der Waals surface area (Å²) >= 11 is 0. The van der Waals surface area contributed by atoms with Crippen molar-refractivity contribution < 1.29 is 19.1 Å². The molecule has 0 radical (unpaired) electrons. The topological polar surface area (TPSA) is 64.6 Å². The second-order valence-electron chi connectivity index (χ2n) is 3.65. The Bertz CT molecular complexity index is 400. The fourth-order valence-electron chi connectivity index (χ4n) is 1.39. The summed E-state index contributed by atoms with van der Waals surface area (Å²) in [5.74, 6) is 0.400. The number of benzene rings is 1. The number of hydrogen-bond acceptors (Lipinski definition) is 5. The van der Waals surface area contributed by atoms with E-state index in [-0.39, 0.29) is 18.3 Å². The average Bonchev–Trinajstić information content (AvgIpc) is 2.43. The number of esters is 1. The number of carbonyl (C=O) groups is 2. The number of nitrogens with one attached hydrogen (secondary N) is 1. The third-order valence-electron chi connectivity index (χ3n) is 2.44. The van der Waals surface area contributed by atoms with E-state index in [4.69, 9.17) is 4.74 Å². The van der Waals surface area contributed by atoms with Crippen molar-refractivity contribution in [1.82, 2.24) is 5.32 Å². The van der Waals surface area contributed by atoms with Crippen molar-refractivity contribution in [2.45, 2.75) is 6.42 Å². The van der Waals surface area contributed by atoms with Gasteiger partial charge in [0.2, 0.25) is 0 Å². The first-order valence-corrected chi connectivity index (χ1v) is 5.62. The second-order valence-corrected chi connectivity index (χ2v) is 3.65. The minimum atomic E-state index is -0.341. The Kier molecular flexibility index (Phi) is 5.87. The molecule has 0 unspecified atom stereocenters. The maximum atomic E-state index is 11.8. The van der Waals surface area contributed by atoms with Crippen molar-refractivity contribution in [2.24, 2.45) is 0 Å². The van der Waals surface area contributed by atoms with E-state index in [2.05, 4.69) is 10.1 Å². The van der Waals surface area contributed by atoms with Gasteiger partial charge in [-0.15, -0.1) is 0 Å². The molecule has 0 heterocycles. The molecule has 0 saturated heterocycles. The summed E-state index contributed by atoms with van der Waals surface area (Å²) in [7, 11) is 2.90. The van der Waals surface area contributed by atoms with Gasteiger partial charge in [0.05, 0.1) is 20.8 Å². The molecule has 0 aliphatic rings. The molecule has 0 fully saturated rings. The minimum absolute atomic E-state index is 0.0232. The van der Waals surface area contributed by atoms with E-state index in [1.807, 2.05) is 0 Å². The lowest BCUT2D eigenvalue weighted by Crippen LogP contribution is -2.26. The van der Waals surface area contributed by atoms with Gasteiger partial charge in [0.15, 0.2) is 5.78 Å². The van der Waals surface area contributed by atoms with E-state index in [0.717, 1.165) is 5.75 Å². The molecule has 1 rings (SSSR count). The minimum Gasteiger partial charge on any atom is -0.497 e. The zero-order valence-electron chi connectivity index (χ0n) is 10.6. The first-order chi connectivity index (χ1) is 8.67. The first kappa shape index (κ1) is 14.2. The molecule has 5 nitrogen and oxygen atoms in total. The zero-order chi connectivity index (χ0) is 13.4. The molecule has 1 aromatic rings. The van der Waals surface area contributed by atoms with Gasteiger partial charge in [-0.3, -0.25) is 9.59 Å². The van der Waals surface area contributed by atoms with Crippen LogP contribution in [0.3, 0.4) is 0 Å². The normalized spacial score (nSPS) is 9.89. The van der Waals surface area contributed by atoms with Crippen LogP contribution in [0.15, 0.2) is 24.3 Å². The molecule has 0 atom stereocenters. The molecule has 1 aromatic carbocycles. The molecular formula is C13H17NO4. The van der Waals surface area contributed by atoms with Crippen molar-refractivity contribution in [3.63, 3.8) is 0 Å². The Balaban J connectivity index is 2.33. The molecule has 0 aliphatic carbocycles. The number of carbonyl (C=O) groups excluding carboxylic acids is 2. The Hall–Kier alpha value is -1.88. The predicted molar refractivity (Wildman–Crippen MR) is 66.8 cm³/mol. The Morgan fingerprint density at radius 1 is 1.17 bits per heavy atom. The van der Waals surface area contributed by atoms with Crippen LogP contribution in [0.2, 0.25) is 0 Å². The van der Waals surface area contributed by atoms with Crippen molar-refractivity contribution in [1.29, 1.82) is 0 Å². The lowest BCUT2D eigenvalue weighted by Gasteiger charge is -2.04. The van der Waals surface area contributed by atoms with Gasteiger partial charge >= 0.3 is 5.97 Å². The summed E-state index contributed by atoms with van der Waals surface area (Å²) in [6, 6.07) is 6.94. The molecule has 0 aliphatic heterocycles. The quantitative estimate of drug-likeness (QED) is 0.445. The summed E-state index contributed by atoms with van der Waals surface area (Å²) < 4.78 is 9.48. The largest absolute Gasteiger partial charge is 0.497 e. The highest BCUT2D eigenvalue weighted by molar-refractivity contribution is 5.96. The smallest absolute Gasteiger partial charge is 0.319 e. The molecular weight excluding hydrogens is 234 g/mol. The van der Waals surface area contributed by atoms with Crippen LogP contribution in [0.4, 0.5) is 0 Å². The SMILES string of the molecule is COC(=O)CNCCC(=O)c1ccc(OC)cc1. The molecule has 0 saturated carbocycles. The van der Waals surface area contributed by atoms with E-state index in [0.29, 0.717) is 18.5 Å². The van der Waals surface area contributed by atoms with Crippen molar-refractivity contribution in [3.8, 4) is 5.75 Å². The molecule has 0 amide bonds. The van der Waals surface area contributed by atoms with Gasteiger partial charge in [0, 0.05) is 18.5 Å². The highest BCUT2D eigenvalue weighted by atomic mass is 16.5. The fourth-order valence-corrected chi connectivity index (χ4v) is 1.39. The van der Waals surface area contributed by atoms with Crippen molar-refractivity contribution >= 4 is 11.8 Å².